The molecule has 0 spiro atoms. The van der Waals surface area contributed by atoms with Crippen molar-refractivity contribution >= 4 is 45.4 Å². The predicted octanol–water partition coefficient (Wildman–Crippen LogP) is 4.09. The number of Topliss-reactive ketones (excluding diaryl/α,β-unsaturated/α-hetero) is 1. The monoisotopic (exact) mass is 523 g/mol. The van der Waals surface area contributed by atoms with Crippen molar-refractivity contribution in [2.45, 2.75) is 26.2 Å². The maximum Gasteiger partial charge on any atom is 0.296 e. The molecule has 37 heavy (non-hydrogen) atoms. The molecule has 0 aliphatic carbocycles. The van der Waals surface area contributed by atoms with Crippen LogP contribution >= 0.6 is 11.3 Å². The fourth-order valence-electron chi connectivity index (χ4n) is 4.14. The van der Waals surface area contributed by atoms with E-state index in [0.717, 1.165) is 43.1 Å². The highest BCUT2D eigenvalue weighted by molar-refractivity contribution is 7.14. The van der Waals surface area contributed by atoms with E-state index in [1.165, 1.54) is 18.4 Å². The van der Waals surface area contributed by atoms with Crippen molar-refractivity contribution in [2.24, 2.45) is 0 Å². The minimum atomic E-state index is -0.797. The Kier molecular flexibility index (Phi) is 8.26. The molecule has 4 rings (SSSR count). The Morgan fingerprint density at radius 3 is 2.43 bits per heavy atom. The van der Waals surface area contributed by atoms with Gasteiger partial charge in [0.2, 0.25) is 0 Å². The van der Waals surface area contributed by atoms with Crippen molar-refractivity contribution in [3.8, 4) is 5.75 Å². The summed E-state index contributed by atoms with van der Waals surface area (Å²) in [6.07, 6.45) is 0. The van der Waals surface area contributed by atoms with Crippen LogP contribution in [-0.2, 0) is 14.9 Å². The molecule has 1 aliphatic rings. The van der Waals surface area contributed by atoms with E-state index in [0.29, 0.717) is 28.3 Å². The second-order valence-electron chi connectivity index (χ2n) is 9.93. The smallest absolute Gasteiger partial charge is 0.296 e. The number of ether oxygens (including phenoxy) is 2. The van der Waals surface area contributed by atoms with Crippen LogP contribution in [0.3, 0.4) is 0 Å². The van der Waals surface area contributed by atoms with Gasteiger partial charge in [-0.15, -0.1) is 11.3 Å². The van der Waals surface area contributed by atoms with Gasteiger partial charge in [-0.2, -0.15) is 0 Å². The lowest BCUT2D eigenvalue weighted by molar-refractivity contribution is -0.112. The Morgan fingerprint density at radius 2 is 1.76 bits per heavy atom. The van der Waals surface area contributed by atoms with Crippen molar-refractivity contribution < 1.29 is 23.9 Å². The fraction of sp³-hybridized carbons (Fsp3) is 0.393. The Labute approximate surface area is 220 Å². The number of hydrogen-bond donors (Lipinski definition) is 2. The second-order valence-corrected chi connectivity index (χ2v) is 11.0. The van der Waals surface area contributed by atoms with Crippen LogP contribution in [0.1, 0.15) is 45.7 Å². The van der Waals surface area contributed by atoms with Crippen molar-refractivity contribution in [1.82, 2.24) is 10.2 Å². The molecule has 2 N–H and O–H groups in total. The zero-order valence-corrected chi connectivity index (χ0v) is 22.5. The summed E-state index contributed by atoms with van der Waals surface area (Å²) in [5, 5.41) is 6.68. The Hall–Kier alpha value is -3.27. The summed E-state index contributed by atoms with van der Waals surface area (Å²) in [6.45, 7) is 10.6. The van der Waals surface area contributed by atoms with Crippen LogP contribution in [-0.4, -0.2) is 69.0 Å². The van der Waals surface area contributed by atoms with Gasteiger partial charge in [-0.25, -0.2) is 0 Å². The van der Waals surface area contributed by atoms with E-state index in [2.05, 4.69) is 15.5 Å². The maximum atomic E-state index is 13.3. The normalized spacial score (nSPS) is 14.4. The van der Waals surface area contributed by atoms with Crippen LogP contribution in [0.5, 0.6) is 5.75 Å². The highest BCUT2D eigenvalue weighted by Gasteiger charge is 2.26. The number of rotatable bonds is 8. The summed E-state index contributed by atoms with van der Waals surface area (Å²) in [5.74, 6) is -1.13. The van der Waals surface area contributed by atoms with Gasteiger partial charge in [-0.1, -0.05) is 45.0 Å². The number of ketones is 1. The predicted molar refractivity (Wildman–Crippen MR) is 146 cm³/mol. The zero-order chi connectivity index (χ0) is 26.6. The lowest BCUT2D eigenvalue weighted by atomic mass is 9.94. The van der Waals surface area contributed by atoms with Crippen molar-refractivity contribution in [3.63, 3.8) is 0 Å². The van der Waals surface area contributed by atoms with Crippen LogP contribution in [0.2, 0.25) is 0 Å². The Bertz CT molecular complexity index is 1300. The molecule has 8 nitrogen and oxygen atoms in total. The van der Waals surface area contributed by atoms with Gasteiger partial charge in [0.05, 0.1) is 18.9 Å². The molecule has 2 amide bonds. The zero-order valence-electron chi connectivity index (χ0n) is 21.7. The number of morpholine rings is 1. The number of carbonyl (C=O) groups excluding carboxylic acids is 3. The summed E-state index contributed by atoms with van der Waals surface area (Å²) in [4.78, 5) is 42.4. The molecule has 1 aromatic heterocycles. The quantitative estimate of drug-likeness (QED) is 0.341. The van der Waals surface area contributed by atoms with E-state index >= 15 is 0 Å². The molecule has 2 aromatic carbocycles. The average Bonchev–Trinajstić information content (AvgIpc) is 3.33. The van der Waals surface area contributed by atoms with Crippen LogP contribution in [0.25, 0.3) is 10.8 Å². The molecule has 196 valence electrons. The van der Waals surface area contributed by atoms with Crippen molar-refractivity contribution in [2.75, 3.05) is 51.8 Å². The van der Waals surface area contributed by atoms with Gasteiger partial charge < -0.3 is 20.1 Å². The molecule has 9 heteroatoms. The summed E-state index contributed by atoms with van der Waals surface area (Å²) in [7, 11) is 1.53. The van der Waals surface area contributed by atoms with E-state index in [1.54, 1.807) is 18.2 Å². The van der Waals surface area contributed by atoms with Crippen molar-refractivity contribution in [1.29, 1.82) is 0 Å². The number of amides is 2. The molecule has 0 bridgehead atoms. The van der Waals surface area contributed by atoms with E-state index in [9.17, 15) is 14.4 Å². The molecule has 0 radical (unpaired) electrons. The first kappa shape index (κ1) is 26.8. The van der Waals surface area contributed by atoms with Crippen LogP contribution in [0.4, 0.5) is 5.69 Å². The minimum Gasteiger partial charge on any atom is -0.492 e. The molecular formula is C28H33N3O5S. The first-order valence-corrected chi connectivity index (χ1v) is 13.2. The Balaban J connectivity index is 1.54. The summed E-state index contributed by atoms with van der Waals surface area (Å²) in [5.41, 5.74) is 0.398. The lowest BCUT2D eigenvalue weighted by Gasteiger charge is -2.26. The molecule has 0 saturated carbocycles. The van der Waals surface area contributed by atoms with Crippen LogP contribution in [0, 0.1) is 0 Å². The summed E-state index contributed by atoms with van der Waals surface area (Å²) in [6, 6.07) is 12.5. The SMILES string of the molecule is CNC(=O)c1sc(C(C)(C)C)cc1NC(=O)C(=O)c1ccc(OCCN2CCOCC2)c2ccccc12. The maximum absolute atomic E-state index is 13.3. The largest absolute Gasteiger partial charge is 0.492 e. The first-order valence-electron chi connectivity index (χ1n) is 12.4. The van der Waals surface area contributed by atoms with Gasteiger partial charge in [-0.3, -0.25) is 19.3 Å². The lowest BCUT2D eigenvalue weighted by Crippen LogP contribution is -2.38. The minimum absolute atomic E-state index is 0.214. The second kappa shape index (κ2) is 11.4. The standard InChI is InChI=1S/C28H33N3O5S/c1-28(2,3)23-17-21(25(37-23)27(34)29-4)30-26(33)24(32)20-9-10-22(19-8-6-5-7-18(19)20)36-16-13-31-11-14-35-15-12-31/h5-10,17H,11-16H2,1-4H3,(H,29,34)(H,30,33). The van der Waals surface area contributed by atoms with Crippen LogP contribution in [0.15, 0.2) is 42.5 Å². The number of benzene rings is 2. The van der Waals surface area contributed by atoms with Gasteiger partial charge in [0.1, 0.15) is 17.2 Å². The number of thiophene rings is 1. The fourth-order valence-corrected chi connectivity index (χ4v) is 5.26. The molecule has 2 heterocycles. The molecular weight excluding hydrogens is 490 g/mol. The van der Waals surface area contributed by atoms with Gasteiger partial charge in [0.25, 0.3) is 17.6 Å². The van der Waals surface area contributed by atoms with Crippen molar-refractivity contribution in [3.05, 3.63) is 57.8 Å². The number of fused-ring (bicyclic) bond motifs is 1. The van der Waals surface area contributed by atoms with E-state index in [4.69, 9.17) is 9.47 Å². The Morgan fingerprint density at radius 1 is 1.05 bits per heavy atom. The van der Waals surface area contributed by atoms with E-state index < -0.39 is 11.7 Å². The summed E-state index contributed by atoms with van der Waals surface area (Å²) < 4.78 is 11.5. The number of carbonyl (C=O) groups is 3. The molecule has 1 fully saturated rings. The van der Waals surface area contributed by atoms with Gasteiger partial charge in [-0.05, 0) is 29.0 Å². The highest BCUT2D eigenvalue weighted by atomic mass is 32.1. The highest BCUT2D eigenvalue weighted by Crippen LogP contribution is 2.36. The van der Waals surface area contributed by atoms with E-state index in [-0.39, 0.29) is 16.9 Å². The summed E-state index contributed by atoms with van der Waals surface area (Å²) >= 11 is 1.31. The first-order chi connectivity index (χ1) is 17.7. The molecule has 1 saturated heterocycles. The van der Waals surface area contributed by atoms with Gasteiger partial charge in [0.15, 0.2) is 0 Å². The topological polar surface area (TPSA) is 97.0 Å². The number of hydrogen-bond acceptors (Lipinski definition) is 7. The number of nitrogens with zero attached hydrogens (tertiary/aromatic N) is 1. The number of anilines is 1. The molecule has 0 atom stereocenters. The molecule has 0 unspecified atom stereocenters. The van der Waals surface area contributed by atoms with Gasteiger partial charge in [0, 0.05) is 42.5 Å². The third-order valence-electron chi connectivity index (χ3n) is 6.26. The third kappa shape index (κ3) is 6.18. The van der Waals surface area contributed by atoms with E-state index in [1.807, 2.05) is 45.0 Å². The third-order valence-corrected chi connectivity index (χ3v) is 7.82. The van der Waals surface area contributed by atoms with Crippen LogP contribution < -0.4 is 15.4 Å². The number of nitrogens with one attached hydrogen (secondary N) is 2. The molecule has 3 aromatic rings. The average molecular weight is 524 g/mol. The molecule has 1 aliphatic heterocycles. The van der Waals surface area contributed by atoms with Gasteiger partial charge >= 0.3 is 0 Å².